The molecule has 0 bridgehead atoms. The van der Waals surface area contributed by atoms with Gasteiger partial charge in [0.1, 0.15) is 0 Å². The summed E-state index contributed by atoms with van der Waals surface area (Å²) in [6.07, 6.45) is 3.45. The molecule has 0 aromatic heterocycles. The van der Waals surface area contributed by atoms with Gasteiger partial charge in [-0.15, -0.1) is 0 Å². The number of carbonyl (C=O) groups excluding carboxylic acids is 1. The molecule has 1 aliphatic carbocycles. The van der Waals surface area contributed by atoms with E-state index in [1.54, 1.807) is 6.92 Å². The largest absolute Gasteiger partial charge is 0.481 e. The van der Waals surface area contributed by atoms with Crippen molar-refractivity contribution in [3.63, 3.8) is 0 Å². The molecule has 2 rings (SSSR count). The summed E-state index contributed by atoms with van der Waals surface area (Å²) in [4.78, 5) is 23.2. The van der Waals surface area contributed by atoms with E-state index in [0.717, 1.165) is 18.4 Å². The van der Waals surface area contributed by atoms with E-state index in [0.29, 0.717) is 0 Å². The number of methoxy groups -OCH3 is 1. The number of carbonyl (C=O) groups is 2. The number of carboxylic acid groups (broad SMARTS) is 1. The summed E-state index contributed by atoms with van der Waals surface area (Å²) < 4.78 is 5.04. The summed E-state index contributed by atoms with van der Waals surface area (Å²) in [6.45, 7) is 1.85. The predicted octanol–water partition coefficient (Wildman–Crippen LogP) is 1.71. The highest BCUT2D eigenvalue weighted by Crippen LogP contribution is 2.23. The van der Waals surface area contributed by atoms with Crippen LogP contribution in [0.15, 0.2) is 18.2 Å². The molecule has 120 valence electrons. The molecule has 0 radical (unpaired) electrons. The number of ether oxygens (including phenoxy) is 1. The van der Waals surface area contributed by atoms with Crippen LogP contribution in [0.1, 0.15) is 36.5 Å². The van der Waals surface area contributed by atoms with Crippen LogP contribution in [0.5, 0.6) is 0 Å². The van der Waals surface area contributed by atoms with Crippen LogP contribution in [0, 0.1) is 0 Å². The number of rotatable bonds is 7. The van der Waals surface area contributed by atoms with Gasteiger partial charge in [-0.3, -0.25) is 9.59 Å². The fourth-order valence-corrected chi connectivity index (χ4v) is 3.08. The highest BCUT2D eigenvalue weighted by molar-refractivity contribution is 5.80. The molecule has 2 N–H and O–H groups in total. The predicted molar refractivity (Wildman–Crippen MR) is 82.8 cm³/mol. The molecule has 5 heteroatoms. The van der Waals surface area contributed by atoms with Crippen molar-refractivity contribution >= 4 is 11.9 Å². The SMILES string of the molecule is COCC(C)(CC(=O)O)NC(=O)Cc1ccc2c(c1)CCC2. The van der Waals surface area contributed by atoms with Crippen LogP contribution in [-0.2, 0) is 33.6 Å². The first-order valence-electron chi connectivity index (χ1n) is 7.54. The smallest absolute Gasteiger partial charge is 0.305 e. The summed E-state index contributed by atoms with van der Waals surface area (Å²) in [6, 6.07) is 6.16. The molecule has 0 saturated carbocycles. The standard InChI is InChI=1S/C17H23NO4/c1-17(11-22-2,10-16(20)21)18-15(19)9-12-6-7-13-4-3-5-14(13)8-12/h6-8H,3-5,9-11H2,1-2H3,(H,18,19)(H,20,21). The molecule has 0 fully saturated rings. The van der Waals surface area contributed by atoms with Gasteiger partial charge in [-0.25, -0.2) is 0 Å². The molecular formula is C17H23NO4. The summed E-state index contributed by atoms with van der Waals surface area (Å²) in [5, 5.41) is 11.8. The van der Waals surface area contributed by atoms with Gasteiger partial charge in [0.25, 0.3) is 0 Å². The molecule has 1 aromatic carbocycles. The highest BCUT2D eigenvalue weighted by Gasteiger charge is 2.29. The van der Waals surface area contributed by atoms with Gasteiger partial charge in [0.05, 0.1) is 25.0 Å². The summed E-state index contributed by atoms with van der Waals surface area (Å²) in [7, 11) is 1.49. The number of hydrogen-bond donors (Lipinski definition) is 2. The first kappa shape index (κ1) is 16.5. The second-order valence-electron chi connectivity index (χ2n) is 6.25. The van der Waals surface area contributed by atoms with Gasteiger partial charge in [0.2, 0.25) is 5.91 Å². The summed E-state index contributed by atoms with van der Waals surface area (Å²) >= 11 is 0. The van der Waals surface area contributed by atoms with Crippen molar-refractivity contribution in [2.45, 2.75) is 44.6 Å². The Morgan fingerprint density at radius 2 is 2.05 bits per heavy atom. The number of fused-ring (bicyclic) bond motifs is 1. The second kappa shape index (κ2) is 6.92. The molecular weight excluding hydrogens is 282 g/mol. The van der Waals surface area contributed by atoms with E-state index in [-0.39, 0.29) is 25.4 Å². The maximum atomic E-state index is 12.2. The lowest BCUT2D eigenvalue weighted by atomic mass is 9.98. The zero-order valence-electron chi connectivity index (χ0n) is 13.1. The van der Waals surface area contributed by atoms with E-state index in [1.807, 2.05) is 6.07 Å². The van der Waals surface area contributed by atoms with Crippen LogP contribution in [0.3, 0.4) is 0 Å². The Kier molecular flexibility index (Phi) is 5.19. The van der Waals surface area contributed by atoms with Crippen molar-refractivity contribution in [1.29, 1.82) is 0 Å². The third-order valence-electron chi connectivity index (χ3n) is 3.97. The van der Waals surface area contributed by atoms with Crippen molar-refractivity contribution in [3.05, 3.63) is 34.9 Å². The van der Waals surface area contributed by atoms with E-state index in [1.165, 1.54) is 24.7 Å². The number of nitrogens with one attached hydrogen (secondary N) is 1. The maximum absolute atomic E-state index is 12.2. The number of benzene rings is 1. The fraction of sp³-hybridized carbons (Fsp3) is 0.529. The van der Waals surface area contributed by atoms with Gasteiger partial charge in [-0.2, -0.15) is 0 Å². The van der Waals surface area contributed by atoms with E-state index < -0.39 is 11.5 Å². The van der Waals surface area contributed by atoms with Gasteiger partial charge in [-0.1, -0.05) is 18.2 Å². The minimum Gasteiger partial charge on any atom is -0.481 e. The third-order valence-corrected chi connectivity index (χ3v) is 3.97. The summed E-state index contributed by atoms with van der Waals surface area (Å²) in [5.74, 6) is -1.14. The van der Waals surface area contributed by atoms with Crippen molar-refractivity contribution in [2.75, 3.05) is 13.7 Å². The lowest BCUT2D eigenvalue weighted by Crippen LogP contribution is -2.51. The van der Waals surface area contributed by atoms with Gasteiger partial charge in [0, 0.05) is 7.11 Å². The Morgan fingerprint density at radius 3 is 2.73 bits per heavy atom. The molecule has 0 heterocycles. The number of aryl methyl sites for hydroxylation is 2. The molecule has 22 heavy (non-hydrogen) atoms. The van der Waals surface area contributed by atoms with Crippen LogP contribution < -0.4 is 5.32 Å². The van der Waals surface area contributed by atoms with Gasteiger partial charge in [-0.05, 0) is 42.9 Å². The first-order chi connectivity index (χ1) is 10.4. The summed E-state index contributed by atoms with van der Waals surface area (Å²) in [5.41, 5.74) is 2.77. The quantitative estimate of drug-likeness (QED) is 0.804. The van der Waals surface area contributed by atoms with E-state index >= 15 is 0 Å². The Balaban J connectivity index is 2.00. The van der Waals surface area contributed by atoms with Crippen LogP contribution >= 0.6 is 0 Å². The molecule has 1 amide bonds. The topological polar surface area (TPSA) is 75.6 Å². The van der Waals surface area contributed by atoms with Crippen LogP contribution in [0.25, 0.3) is 0 Å². The molecule has 1 aromatic rings. The Labute approximate surface area is 130 Å². The lowest BCUT2D eigenvalue weighted by Gasteiger charge is -2.28. The van der Waals surface area contributed by atoms with Crippen molar-refractivity contribution in [3.8, 4) is 0 Å². The van der Waals surface area contributed by atoms with Crippen LogP contribution in [0.4, 0.5) is 0 Å². The van der Waals surface area contributed by atoms with Crippen LogP contribution in [0.2, 0.25) is 0 Å². The van der Waals surface area contributed by atoms with E-state index in [4.69, 9.17) is 9.84 Å². The lowest BCUT2D eigenvalue weighted by molar-refractivity contribution is -0.139. The van der Waals surface area contributed by atoms with Crippen LogP contribution in [-0.4, -0.2) is 36.2 Å². The average molecular weight is 305 g/mol. The molecule has 0 saturated heterocycles. The monoisotopic (exact) mass is 305 g/mol. The van der Waals surface area contributed by atoms with Gasteiger partial charge < -0.3 is 15.2 Å². The minimum absolute atomic E-state index is 0.162. The number of aliphatic carboxylic acids is 1. The molecule has 0 aliphatic heterocycles. The maximum Gasteiger partial charge on any atom is 0.305 e. The Morgan fingerprint density at radius 1 is 1.32 bits per heavy atom. The molecule has 1 atom stereocenters. The Bertz CT molecular complexity index is 570. The molecule has 0 spiro atoms. The van der Waals surface area contributed by atoms with Gasteiger partial charge >= 0.3 is 5.97 Å². The average Bonchev–Trinajstić information content (AvgIpc) is 2.84. The highest BCUT2D eigenvalue weighted by atomic mass is 16.5. The third kappa shape index (κ3) is 4.31. The minimum atomic E-state index is -0.961. The Hall–Kier alpha value is -1.88. The van der Waals surface area contributed by atoms with Crippen molar-refractivity contribution in [2.24, 2.45) is 0 Å². The number of hydrogen-bond acceptors (Lipinski definition) is 3. The van der Waals surface area contributed by atoms with E-state index in [9.17, 15) is 9.59 Å². The molecule has 1 unspecified atom stereocenters. The zero-order valence-corrected chi connectivity index (χ0v) is 13.1. The van der Waals surface area contributed by atoms with Crippen molar-refractivity contribution in [1.82, 2.24) is 5.32 Å². The molecule has 1 aliphatic rings. The fourth-order valence-electron chi connectivity index (χ4n) is 3.08. The van der Waals surface area contributed by atoms with E-state index in [2.05, 4.69) is 17.4 Å². The normalized spacial score (nSPS) is 15.9. The second-order valence-corrected chi connectivity index (χ2v) is 6.25. The number of amides is 1. The zero-order chi connectivity index (χ0) is 16.2. The van der Waals surface area contributed by atoms with Crippen molar-refractivity contribution < 1.29 is 19.4 Å². The number of carboxylic acids is 1. The molecule has 5 nitrogen and oxygen atoms in total. The van der Waals surface area contributed by atoms with Gasteiger partial charge in [0.15, 0.2) is 0 Å². The first-order valence-corrected chi connectivity index (χ1v) is 7.54.